The molecule has 10 nitrogen and oxygen atoms in total. The molecule has 10 heteroatoms. The van der Waals surface area contributed by atoms with Crippen molar-refractivity contribution in [3.05, 3.63) is 243 Å². The Hall–Kier alpha value is -12.4. The van der Waals surface area contributed by atoms with Gasteiger partial charge in [-0.2, -0.15) is 0 Å². The first-order valence-corrected chi connectivity index (χ1v) is 30.4. The quantitative estimate of drug-likeness (QED) is 0.143. The van der Waals surface area contributed by atoms with Crippen LogP contribution < -0.4 is 0 Å². The van der Waals surface area contributed by atoms with Crippen LogP contribution in [0.25, 0.3) is 220 Å². The zero-order chi connectivity index (χ0) is 58.4. The van der Waals surface area contributed by atoms with Gasteiger partial charge in [-0.1, -0.05) is 243 Å². The van der Waals surface area contributed by atoms with Crippen molar-refractivity contribution in [3.63, 3.8) is 0 Å². The summed E-state index contributed by atoms with van der Waals surface area (Å²) >= 11 is 0. The molecule has 0 unspecified atom stereocenters. The van der Waals surface area contributed by atoms with Crippen LogP contribution in [0.5, 0.6) is 0 Å². The van der Waals surface area contributed by atoms with Crippen LogP contribution in [0, 0.1) is 0 Å². The molecule has 0 atom stereocenters. The van der Waals surface area contributed by atoms with Gasteiger partial charge in [-0.05, 0) is 108 Å². The summed E-state index contributed by atoms with van der Waals surface area (Å²) < 4.78 is 0. The van der Waals surface area contributed by atoms with E-state index in [9.17, 15) is 0 Å². The first kappa shape index (κ1) is 47.8. The molecule has 0 amide bonds. The molecule has 3 aromatic heterocycles. The number of nitrogens with zero attached hydrogens (tertiary/aromatic N) is 8. The number of aromatic nitrogens is 10. The molecular formula is C80H42N10. The highest BCUT2D eigenvalue weighted by Gasteiger charge is 2.32. The number of H-pyrrole nitrogens is 2. The highest BCUT2D eigenvalue weighted by Crippen LogP contribution is 2.51. The van der Waals surface area contributed by atoms with Gasteiger partial charge in [0.1, 0.15) is 22.6 Å². The molecule has 0 saturated heterocycles. The van der Waals surface area contributed by atoms with E-state index in [-0.39, 0.29) is 0 Å². The van der Waals surface area contributed by atoms with Crippen LogP contribution in [-0.2, 0) is 0 Å². The van der Waals surface area contributed by atoms with Gasteiger partial charge >= 0.3 is 0 Å². The standard InChI is InChI=1S/C80H42N10/c1-11-31-51-41(21-1)42-22-2-12-32-52(42)62-61(51)71-81-72(62)87-74-65-55-35-15-5-25-45(55)46-26-6-16-36-56(46)66(65)76(83-74)89-78-69-59-39-19-9-29-49(59)50-30-10-20-40-60(50)70(69)80(85-78)90-79-68-58-38-18-8-28-48(58)47-27-7-17-37-57(47)67(68)77(84-79)88-75-64-54-34-14-4-24-44(54)43-23-3-13-33-53(43)63(64)73(82-75)86-71/h1-40H,(H2,81,82,83,84,85,86,87,88,89,90). The Morgan fingerprint density at radius 2 is 0.278 bits per heavy atom. The third-order valence-electron chi connectivity index (χ3n) is 19.1. The van der Waals surface area contributed by atoms with Crippen LogP contribution in [0.3, 0.4) is 0 Å². The van der Waals surface area contributed by atoms with Gasteiger partial charge in [0.2, 0.25) is 0 Å². The Bertz CT molecular complexity index is 6280. The number of benzene rings is 15. The summed E-state index contributed by atoms with van der Waals surface area (Å²) in [6, 6.07) is 86.0. The lowest BCUT2D eigenvalue weighted by Gasteiger charge is -2.12. The first-order valence-electron chi connectivity index (χ1n) is 30.4. The fourth-order valence-corrected chi connectivity index (χ4v) is 15.5. The van der Waals surface area contributed by atoms with Gasteiger partial charge < -0.3 is 9.97 Å². The van der Waals surface area contributed by atoms with E-state index < -0.39 is 0 Å². The number of nitrogens with one attached hydrogen (secondary N) is 2. The summed E-state index contributed by atoms with van der Waals surface area (Å²) in [7, 11) is 0. The summed E-state index contributed by atoms with van der Waals surface area (Å²) in [5.74, 6) is 3.09. The van der Waals surface area contributed by atoms with Crippen molar-refractivity contribution in [2.24, 2.45) is 0 Å². The second-order valence-corrected chi connectivity index (χ2v) is 23.7. The van der Waals surface area contributed by atoms with Gasteiger partial charge in [-0.15, -0.1) is 0 Å². The topological polar surface area (TPSA) is 135 Å². The second kappa shape index (κ2) is 17.6. The van der Waals surface area contributed by atoms with Crippen molar-refractivity contribution < 1.29 is 0 Å². The molecule has 2 N–H and O–H groups in total. The average Bonchev–Trinajstić information content (AvgIpc) is 1.58. The lowest BCUT2D eigenvalue weighted by atomic mass is 9.91. The van der Waals surface area contributed by atoms with Crippen molar-refractivity contribution in [2.45, 2.75) is 0 Å². The van der Waals surface area contributed by atoms with Crippen LogP contribution >= 0.6 is 0 Å². The van der Waals surface area contributed by atoms with Crippen LogP contribution in [0.4, 0.5) is 0 Å². The Kier molecular flexibility index (Phi) is 9.36. The summed E-state index contributed by atoms with van der Waals surface area (Å²) in [6.45, 7) is 0. The predicted octanol–water partition coefficient (Wildman–Crippen LogP) is 20.0. The highest BCUT2D eigenvalue weighted by molar-refractivity contribution is 6.35. The first-order chi connectivity index (χ1) is 44.7. The fraction of sp³-hybridized carbons (Fsp3) is 0. The van der Waals surface area contributed by atoms with E-state index in [1.54, 1.807) is 0 Å². The van der Waals surface area contributed by atoms with E-state index in [2.05, 4.69) is 253 Å². The van der Waals surface area contributed by atoms with Crippen LogP contribution in [0.15, 0.2) is 243 Å². The van der Waals surface area contributed by atoms with E-state index >= 15 is 0 Å². The van der Waals surface area contributed by atoms with Crippen molar-refractivity contribution in [1.29, 1.82) is 0 Å². The molecule has 21 rings (SSSR count). The van der Waals surface area contributed by atoms with E-state index in [0.717, 1.165) is 163 Å². The molecule has 0 spiro atoms. The molecule has 0 aliphatic carbocycles. The van der Waals surface area contributed by atoms with E-state index in [0.29, 0.717) is 57.5 Å². The van der Waals surface area contributed by atoms with Crippen molar-refractivity contribution in [2.75, 3.05) is 0 Å². The summed E-state index contributed by atoms with van der Waals surface area (Å²) in [6.07, 6.45) is 0. The zero-order valence-corrected chi connectivity index (χ0v) is 47.7. The maximum absolute atomic E-state index is 5.83. The van der Waals surface area contributed by atoms with Gasteiger partial charge in [-0.3, -0.25) is 0 Å². The van der Waals surface area contributed by atoms with Crippen LogP contribution in [0.2, 0.25) is 0 Å². The summed E-state index contributed by atoms with van der Waals surface area (Å²) in [4.78, 5) is 54.0. The molecule has 3 aliphatic heterocycles. The Morgan fingerprint density at radius 1 is 0.144 bits per heavy atom. The number of hydrogen-bond acceptors (Lipinski definition) is 8. The van der Waals surface area contributed by atoms with E-state index in [1.165, 1.54) is 0 Å². The molecule has 412 valence electrons. The molecule has 0 saturated carbocycles. The number of fused-ring (bicyclic) bond motifs is 50. The Balaban J connectivity index is 1.05. The minimum Gasteiger partial charge on any atom is -0.324 e. The minimum absolute atomic E-state index is 0.502. The van der Waals surface area contributed by atoms with E-state index in [1.807, 2.05) is 0 Å². The van der Waals surface area contributed by atoms with Gasteiger partial charge in [0.25, 0.3) is 0 Å². The van der Waals surface area contributed by atoms with Gasteiger partial charge in [0.05, 0.1) is 0 Å². The number of hydrogen-bond donors (Lipinski definition) is 2. The highest BCUT2D eigenvalue weighted by atomic mass is 15.1. The summed E-state index contributed by atoms with van der Waals surface area (Å²) in [5, 5.41) is 24.8. The second-order valence-electron chi connectivity index (χ2n) is 23.7. The molecule has 0 radical (unpaired) electrons. The third-order valence-corrected chi connectivity index (χ3v) is 19.1. The van der Waals surface area contributed by atoms with E-state index in [4.69, 9.17) is 39.9 Å². The molecule has 15 aromatic carbocycles. The number of aromatic amines is 2. The van der Waals surface area contributed by atoms with Crippen LogP contribution in [-0.4, -0.2) is 49.8 Å². The Labute approximate surface area is 509 Å². The van der Waals surface area contributed by atoms with Gasteiger partial charge in [-0.25, -0.2) is 39.9 Å². The average molecular weight is 1140 g/mol. The SMILES string of the molecule is c1ccc2c(c1)c1c(c3ccccc32)-c2nc-1nc1nc(nc3[nH]c(nc4nc(nc5[nH]c(n2)c2c6ccccc6c6ccccc6c52)-c2c-4c4ccccc4c4ccccc24)c2c4ccccc4c4ccccc4c32)-c2c-1c1ccccc1c1ccccc21. The lowest BCUT2D eigenvalue weighted by molar-refractivity contribution is 1.17. The van der Waals surface area contributed by atoms with Crippen molar-refractivity contribution in [1.82, 2.24) is 49.8 Å². The van der Waals surface area contributed by atoms with Gasteiger partial charge in [0, 0.05) is 54.9 Å². The molecular weight excluding hydrogens is 1100 g/mol. The molecule has 6 heterocycles. The molecule has 10 bridgehead atoms. The normalized spacial score (nSPS) is 12.4. The third kappa shape index (κ3) is 6.34. The summed E-state index contributed by atoms with van der Waals surface area (Å²) in [5.41, 5.74) is 7.76. The maximum Gasteiger partial charge on any atom is 0.165 e. The molecule has 0 fully saturated rings. The zero-order valence-electron chi connectivity index (χ0n) is 47.7. The minimum atomic E-state index is 0.502. The van der Waals surface area contributed by atoms with Crippen molar-refractivity contribution >= 4 is 152 Å². The smallest absolute Gasteiger partial charge is 0.165 e. The van der Waals surface area contributed by atoms with Crippen molar-refractivity contribution in [3.8, 4) is 68.3 Å². The fourth-order valence-electron chi connectivity index (χ4n) is 15.5. The van der Waals surface area contributed by atoms with Gasteiger partial charge in [0.15, 0.2) is 34.9 Å². The molecule has 90 heavy (non-hydrogen) atoms. The lowest BCUT2D eigenvalue weighted by Crippen LogP contribution is -1.90. The Morgan fingerprint density at radius 3 is 0.456 bits per heavy atom. The predicted molar refractivity (Wildman–Crippen MR) is 369 cm³/mol. The largest absolute Gasteiger partial charge is 0.324 e. The monoisotopic (exact) mass is 1140 g/mol. The molecule has 3 aliphatic rings. The number of rotatable bonds is 0. The molecule has 18 aromatic rings. The maximum atomic E-state index is 5.83. The van der Waals surface area contributed by atoms with Crippen LogP contribution in [0.1, 0.15) is 0 Å².